The van der Waals surface area contributed by atoms with E-state index in [0.717, 1.165) is 50.4 Å². The van der Waals surface area contributed by atoms with Crippen molar-refractivity contribution in [1.29, 1.82) is 0 Å². The molecule has 2 fully saturated rings. The highest BCUT2D eigenvalue weighted by Gasteiger charge is 2.20. The highest BCUT2D eigenvalue weighted by molar-refractivity contribution is 5.80. The normalized spacial score (nSPS) is 19.8. The van der Waals surface area contributed by atoms with Gasteiger partial charge in [-0.2, -0.15) is 0 Å². The summed E-state index contributed by atoms with van der Waals surface area (Å²) in [6.45, 7) is 9.78. The summed E-state index contributed by atoms with van der Waals surface area (Å²) in [5.74, 6) is 2.78. The van der Waals surface area contributed by atoms with Gasteiger partial charge in [-0.3, -0.25) is 9.89 Å². The fraction of sp³-hybridized carbons (Fsp3) is 0.667. The number of benzene rings is 1. The summed E-state index contributed by atoms with van der Waals surface area (Å²) in [4.78, 5) is 9.93. The van der Waals surface area contributed by atoms with Crippen molar-refractivity contribution < 1.29 is 4.74 Å². The third kappa shape index (κ3) is 5.37. The lowest BCUT2D eigenvalue weighted by atomic mass is 9.96. The molecule has 26 heavy (non-hydrogen) atoms. The first kappa shape index (κ1) is 19.0. The van der Waals surface area contributed by atoms with E-state index in [0.29, 0.717) is 0 Å². The van der Waals surface area contributed by atoms with Crippen molar-refractivity contribution in [3.63, 3.8) is 0 Å². The number of guanidine groups is 1. The largest absolute Gasteiger partial charge is 0.497 e. The molecular formula is C21H34N4O. The fourth-order valence-electron chi connectivity index (χ4n) is 3.89. The molecule has 0 atom stereocenters. The predicted octanol–water partition coefficient (Wildman–Crippen LogP) is 2.97. The quantitative estimate of drug-likeness (QED) is 0.627. The van der Waals surface area contributed by atoms with Crippen molar-refractivity contribution >= 4 is 5.96 Å². The SMILES string of the molecule is CCNC(=NCC1CCN(Cc2ccc(OC)cc2)CC1)N1CCCC1. The van der Waals surface area contributed by atoms with E-state index in [1.807, 2.05) is 0 Å². The molecule has 0 radical (unpaired) electrons. The maximum Gasteiger partial charge on any atom is 0.193 e. The molecule has 0 saturated carbocycles. The van der Waals surface area contributed by atoms with Crippen LogP contribution in [0.4, 0.5) is 0 Å². The summed E-state index contributed by atoms with van der Waals surface area (Å²) in [5.41, 5.74) is 1.37. The first-order valence-electron chi connectivity index (χ1n) is 10.2. The molecule has 2 saturated heterocycles. The van der Waals surface area contributed by atoms with Crippen LogP contribution in [0.5, 0.6) is 5.75 Å². The minimum atomic E-state index is 0.721. The summed E-state index contributed by atoms with van der Waals surface area (Å²) in [6, 6.07) is 8.46. The van der Waals surface area contributed by atoms with E-state index >= 15 is 0 Å². The third-order valence-electron chi connectivity index (χ3n) is 5.51. The zero-order chi connectivity index (χ0) is 18.2. The van der Waals surface area contributed by atoms with Crippen LogP contribution in [-0.4, -0.2) is 62.1 Å². The maximum atomic E-state index is 5.24. The highest BCUT2D eigenvalue weighted by Crippen LogP contribution is 2.20. The van der Waals surface area contributed by atoms with Crippen LogP contribution < -0.4 is 10.1 Å². The highest BCUT2D eigenvalue weighted by atomic mass is 16.5. The number of likely N-dealkylation sites (tertiary alicyclic amines) is 2. The lowest BCUT2D eigenvalue weighted by Gasteiger charge is -2.31. The maximum absolute atomic E-state index is 5.24. The molecule has 0 bridgehead atoms. The average molecular weight is 359 g/mol. The Balaban J connectivity index is 1.44. The Bertz CT molecular complexity index is 558. The van der Waals surface area contributed by atoms with Gasteiger partial charge in [-0.25, -0.2) is 0 Å². The van der Waals surface area contributed by atoms with Gasteiger partial charge < -0.3 is 15.0 Å². The number of rotatable bonds is 6. The molecule has 1 aromatic rings. The molecule has 0 unspecified atom stereocenters. The molecule has 0 amide bonds. The third-order valence-corrected chi connectivity index (χ3v) is 5.51. The Labute approximate surface area is 158 Å². The van der Waals surface area contributed by atoms with Crippen LogP contribution in [0.3, 0.4) is 0 Å². The van der Waals surface area contributed by atoms with E-state index in [-0.39, 0.29) is 0 Å². The second-order valence-electron chi connectivity index (χ2n) is 7.46. The van der Waals surface area contributed by atoms with Crippen molar-refractivity contribution in [1.82, 2.24) is 15.1 Å². The standard InChI is InChI=1S/C21H34N4O/c1-3-22-21(25-12-4-5-13-25)23-16-18-10-14-24(15-11-18)17-19-6-8-20(26-2)9-7-19/h6-9,18H,3-5,10-17H2,1-2H3,(H,22,23). The molecule has 0 aromatic heterocycles. The molecule has 1 N–H and O–H groups in total. The van der Waals surface area contributed by atoms with Gasteiger partial charge in [-0.05, 0) is 69.3 Å². The summed E-state index contributed by atoms with van der Waals surface area (Å²) in [5, 5.41) is 3.47. The van der Waals surface area contributed by atoms with Gasteiger partial charge in [0.05, 0.1) is 7.11 Å². The van der Waals surface area contributed by atoms with Crippen molar-refractivity contribution in [2.24, 2.45) is 10.9 Å². The Morgan fingerprint density at radius 1 is 1.12 bits per heavy atom. The topological polar surface area (TPSA) is 40.1 Å². The van der Waals surface area contributed by atoms with Crippen molar-refractivity contribution in [3.05, 3.63) is 29.8 Å². The summed E-state index contributed by atoms with van der Waals surface area (Å²) < 4.78 is 5.24. The number of hydrogen-bond acceptors (Lipinski definition) is 3. The molecular weight excluding hydrogens is 324 g/mol. The summed E-state index contributed by atoms with van der Waals surface area (Å²) in [6.07, 6.45) is 5.10. The first-order chi connectivity index (χ1) is 12.8. The molecule has 3 rings (SSSR count). The fourth-order valence-corrected chi connectivity index (χ4v) is 3.89. The van der Waals surface area contributed by atoms with E-state index in [1.54, 1.807) is 7.11 Å². The monoisotopic (exact) mass is 358 g/mol. The van der Waals surface area contributed by atoms with Gasteiger partial charge in [0.2, 0.25) is 0 Å². The Morgan fingerprint density at radius 3 is 2.42 bits per heavy atom. The van der Waals surface area contributed by atoms with Gasteiger partial charge in [-0.15, -0.1) is 0 Å². The van der Waals surface area contributed by atoms with Crippen LogP contribution >= 0.6 is 0 Å². The molecule has 0 spiro atoms. The molecule has 2 heterocycles. The van der Waals surface area contributed by atoms with E-state index in [1.165, 1.54) is 44.3 Å². The minimum absolute atomic E-state index is 0.721. The van der Waals surface area contributed by atoms with Crippen LogP contribution in [0.25, 0.3) is 0 Å². The van der Waals surface area contributed by atoms with Gasteiger partial charge in [-0.1, -0.05) is 12.1 Å². The van der Waals surface area contributed by atoms with Crippen molar-refractivity contribution in [2.45, 2.75) is 39.2 Å². The molecule has 5 heteroatoms. The van der Waals surface area contributed by atoms with E-state index in [9.17, 15) is 0 Å². The van der Waals surface area contributed by atoms with Gasteiger partial charge in [0.25, 0.3) is 0 Å². The van der Waals surface area contributed by atoms with Crippen LogP contribution in [-0.2, 0) is 6.54 Å². The number of nitrogens with zero attached hydrogens (tertiary/aromatic N) is 3. The zero-order valence-electron chi connectivity index (χ0n) is 16.4. The Hall–Kier alpha value is -1.75. The van der Waals surface area contributed by atoms with Crippen LogP contribution in [0.15, 0.2) is 29.3 Å². The smallest absolute Gasteiger partial charge is 0.193 e. The number of nitrogens with one attached hydrogen (secondary N) is 1. The van der Waals surface area contributed by atoms with Gasteiger partial charge in [0.15, 0.2) is 5.96 Å². The first-order valence-corrected chi connectivity index (χ1v) is 10.2. The molecule has 2 aliphatic rings. The molecule has 5 nitrogen and oxygen atoms in total. The van der Waals surface area contributed by atoms with Crippen molar-refractivity contribution in [2.75, 3.05) is 46.4 Å². The number of piperidine rings is 1. The van der Waals surface area contributed by atoms with Gasteiger partial charge in [0.1, 0.15) is 5.75 Å². The lowest BCUT2D eigenvalue weighted by molar-refractivity contribution is 0.180. The minimum Gasteiger partial charge on any atom is -0.497 e. The predicted molar refractivity (Wildman–Crippen MR) is 108 cm³/mol. The zero-order valence-corrected chi connectivity index (χ0v) is 16.4. The molecule has 2 aliphatic heterocycles. The molecule has 0 aliphatic carbocycles. The van der Waals surface area contributed by atoms with E-state index in [4.69, 9.17) is 9.73 Å². The van der Waals surface area contributed by atoms with E-state index in [2.05, 4.69) is 46.3 Å². The van der Waals surface area contributed by atoms with Crippen LogP contribution in [0.2, 0.25) is 0 Å². The van der Waals surface area contributed by atoms with Crippen molar-refractivity contribution in [3.8, 4) is 5.75 Å². The number of methoxy groups -OCH3 is 1. The molecule has 144 valence electrons. The van der Waals surface area contributed by atoms with Gasteiger partial charge >= 0.3 is 0 Å². The number of ether oxygens (including phenoxy) is 1. The van der Waals surface area contributed by atoms with Crippen LogP contribution in [0, 0.1) is 5.92 Å². The Morgan fingerprint density at radius 2 is 1.81 bits per heavy atom. The van der Waals surface area contributed by atoms with Crippen LogP contribution in [0.1, 0.15) is 38.2 Å². The van der Waals surface area contributed by atoms with E-state index < -0.39 is 0 Å². The second-order valence-corrected chi connectivity index (χ2v) is 7.46. The number of aliphatic imine (C=N–C) groups is 1. The number of hydrogen-bond donors (Lipinski definition) is 1. The summed E-state index contributed by atoms with van der Waals surface area (Å²) in [7, 11) is 1.72. The van der Waals surface area contributed by atoms with Gasteiger partial charge in [0, 0.05) is 32.7 Å². The summed E-state index contributed by atoms with van der Waals surface area (Å²) >= 11 is 0. The lowest BCUT2D eigenvalue weighted by Crippen LogP contribution is -2.40. The Kier molecular flexibility index (Phi) is 7.18. The molecule has 1 aromatic carbocycles. The second kappa shape index (κ2) is 9.81. The average Bonchev–Trinajstić information content (AvgIpc) is 3.21.